The van der Waals surface area contributed by atoms with Crippen LogP contribution < -0.4 is 10.1 Å². The van der Waals surface area contributed by atoms with Crippen molar-refractivity contribution in [2.75, 3.05) is 5.32 Å². The number of hydrogen-bond donors (Lipinski definition) is 1. The number of oxazole rings is 1. The molecule has 0 saturated heterocycles. The minimum Gasteiger partial charge on any atom is -0.436 e. The molecule has 0 aliphatic carbocycles. The second kappa shape index (κ2) is 7.13. The van der Waals surface area contributed by atoms with E-state index >= 15 is 0 Å². The van der Waals surface area contributed by atoms with E-state index in [9.17, 15) is 4.79 Å². The molecule has 4 aromatic carbocycles. The van der Waals surface area contributed by atoms with Crippen molar-refractivity contribution in [2.24, 2.45) is 0 Å². The van der Waals surface area contributed by atoms with E-state index in [0.29, 0.717) is 28.5 Å². The zero-order valence-electron chi connectivity index (χ0n) is 15.3. The first kappa shape index (κ1) is 17.0. The lowest BCUT2D eigenvalue weighted by Gasteiger charge is -2.09. The van der Waals surface area contributed by atoms with Gasteiger partial charge in [0, 0.05) is 5.39 Å². The lowest BCUT2D eigenvalue weighted by molar-refractivity contribution is 0.215. The molecule has 0 radical (unpaired) electrons. The number of aromatic nitrogens is 1. The molecule has 29 heavy (non-hydrogen) atoms. The zero-order chi connectivity index (χ0) is 19.6. The molecule has 5 aromatic rings. The maximum absolute atomic E-state index is 12.3. The highest BCUT2D eigenvalue weighted by Crippen LogP contribution is 2.33. The molecule has 5 heteroatoms. The van der Waals surface area contributed by atoms with Gasteiger partial charge in [-0.3, -0.25) is 5.32 Å². The molecule has 0 aliphatic rings. The summed E-state index contributed by atoms with van der Waals surface area (Å²) in [5.41, 5.74) is 2.72. The van der Waals surface area contributed by atoms with Gasteiger partial charge in [-0.2, -0.15) is 0 Å². The van der Waals surface area contributed by atoms with Gasteiger partial charge < -0.3 is 9.15 Å². The summed E-state index contributed by atoms with van der Waals surface area (Å²) in [5, 5.41) is 4.90. The van der Waals surface area contributed by atoms with Gasteiger partial charge in [0.05, 0.1) is 11.3 Å². The molecule has 0 fully saturated rings. The lowest BCUT2D eigenvalue weighted by Crippen LogP contribution is -2.17. The summed E-state index contributed by atoms with van der Waals surface area (Å²) in [4.78, 5) is 17.0. The number of nitrogens with one attached hydrogen (secondary N) is 1. The minimum absolute atomic E-state index is 0.437. The molecule has 5 rings (SSSR count). The van der Waals surface area contributed by atoms with Gasteiger partial charge in [0.1, 0.15) is 11.3 Å². The third-order valence-electron chi connectivity index (χ3n) is 4.63. The van der Waals surface area contributed by atoms with E-state index in [2.05, 4.69) is 5.32 Å². The van der Waals surface area contributed by atoms with Crippen molar-refractivity contribution in [3.63, 3.8) is 0 Å². The van der Waals surface area contributed by atoms with E-state index in [0.717, 1.165) is 16.3 Å². The number of ether oxygens (including phenoxy) is 1. The van der Waals surface area contributed by atoms with Crippen LogP contribution in [0, 0.1) is 0 Å². The highest BCUT2D eigenvalue weighted by atomic mass is 16.6. The molecule has 1 N–H and O–H groups in total. The van der Waals surface area contributed by atoms with Gasteiger partial charge in [0.2, 0.25) is 5.89 Å². The van der Waals surface area contributed by atoms with Gasteiger partial charge in [0.25, 0.3) is 0 Å². The summed E-state index contributed by atoms with van der Waals surface area (Å²) < 4.78 is 11.3. The topological polar surface area (TPSA) is 64.4 Å². The first-order valence-electron chi connectivity index (χ1n) is 9.19. The predicted octanol–water partition coefficient (Wildman–Crippen LogP) is 6.26. The van der Waals surface area contributed by atoms with Gasteiger partial charge >= 0.3 is 6.09 Å². The van der Waals surface area contributed by atoms with Crippen LogP contribution in [-0.2, 0) is 0 Å². The monoisotopic (exact) mass is 380 g/mol. The fraction of sp³-hybridized carbons (Fsp3) is 0. The number of rotatable bonds is 3. The molecule has 140 valence electrons. The second-order valence-corrected chi connectivity index (χ2v) is 6.53. The normalized spacial score (nSPS) is 10.9. The van der Waals surface area contributed by atoms with Crippen LogP contribution in [0.3, 0.4) is 0 Å². The van der Waals surface area contributed by atoms with Crippen LogP contribution in [0.2, 0.25) is 0 Å². The van der Waals surface area contributed by atoms with Crippen molar-refractivity contribution in [1.29, 1.82) is 0 Å². The van der Waals surface area contributed by atoms with Gasteiger partial charge in [-0.1, -0.05) is 60.7 Å². The maximum atomic E-state index is 12.3. The average Bonchev–Trinajstić information content (AvgIpc) is 3.19. The Hall–Kier alpha value is -4.12. The summed E-state index contributed by atoms with van der Waals surface area (Å²) in [5.74, 6) is 0.905. The van der Waals surface area contributed by atoms with Crippen molar-refractivity contribution in [1.82, 2.24) is 4.98 Å². The third-order valence-corrected chi connectivity index (χ3v) is 4.63. The summed E-state index contributed by atoms with van der Waals surface area (Å²) in [6.45, 7) is 0. The molecule has 0 saturated carbocycles. The van der Waals surface area contributed by atoms with Gasteiger partial charge in [0.15, 0.2) is 5.58 Å². The second-order valence-electron chi connectivity index (χ2n) is 6.53. The van der Waals surface area contributed by atoms with Crippen molar-refractivity contribution >= 4 is 33.7 Å². The molecule has 0 bridgehead atoms. The number of hydrogen-bond acceptors (Lipinski definition) is 4. The summed E-state index contributed by atoms with van der Waals surface area (Å²) in [7, 11) is 0. The number of fused-ring (bicyclic) bond motifs is 3. The number of nitrogens with zero attached hydrogens (tertiary/aromatic N) is 1. The zero-order valence-corrected chi connectivity index (χ0v) is 15.3. The number of amides is 1. The van der Waals surface area contributed by atoms with Gasteiger partial charge in [-0.25, -0.2) is 9.78 Å². The summed E-state index contributed by atoms with van der Waals surface area (Å²) >= 11 is 0. The standard InChI is InChI=1S/C24H16N2O3/c27-24(28-17-9-2-1-3-10-17)25-20-13-7-6-12-19(20)23-26-22-18-11-5-4-8-16(18)14-15-21(22)29-23/h1-15H,(H,25,27). The minimum atomic E-state index is -0.579. The highest BCUT2D eigenvalue weighted by Gasteiger charge is 2.16. The van der Waals surface area contributed by atoms with Crippen molar-refractivity contribution in [3.05, 3.63) is 91.0 Å². The number of carbonyl (C=O) groups is 1. The number of para-hydroxylation sites is 2. The quantitative estimate of drug-likeness (QED) is 0.401. The molecule has 0 spiro atoms. The van der Waals surface area contributed by atoms with Crippen molar-refractivity contribution in [2.45, 2.75) is 0 Å². The van der Waals surface area contributed by atoms with Crippen LogP contribution in [0.25, 0.3) is 33.3 Å². The predicted molar refractivity (Wildman–Crippen MR) is 113 cm³/mol. The van der Waals surface area contributed by atoms with Crippen molar-refractivity contribution in [3.8, 4) is 17.2 Å². The van der Waals surface area contributed by atoms with E-state index in [1.54, 1.807) is 30.3 Å². The van der Waals surface area contributed by atoms with Gasteiger partial charge in [-0.05, 0) is 35.7 Å². The Labute approximate surface area is 166 Å². The molecule has 0 unspecified atom stereocenters. The molecule has 1 aromatic heterocycles. The van der Waals surface area contributed by atoms with E-state index in [1.807, 2.05) is 60.7 Å². The fourth-order valence-corrected chi connectivity index (χ4v) is 3.29. The van der Waals surface area contributed by atoms with Crippen LogP contribution in [-0.4, -0.2) is 11.1 Å². The van der Waals surface area contributed by atoms with E-state index in [-0.39, 0.29) is 0 Å². The molecular weight excluding hydrogens is 364 g/mol. The fourth-order valence-electron chi connectivity index (χ4n) is 3.29. The van der Waals surface area contributed by atoms with Crippen LogP contribution >= 0.6 is 0 Å². The third kappa shape index (κ3) is 3.30. The van der Waals surface area contributed by atoms with E-state index in [1.165, 1.54) is 0 Å². The average molecular weight is 380 g/mol. The Morgan fingerprint density at radius 1 is 0.828 bits per heavy atom. The van der Waals surface area contributed by atoms with Crippen molar-refractivity contribution < 1.29 is 13.9 Å². The SMILES string of the molecule is O=C(Nc1ccccc1-c1nc2c(ccc3ccccc32)o1)Oc1ccccc1. The van der Waals surface area contributed by atoms with E-state index < -0.39 is 6.09 Å². The number of carbonyl (C=O) groups excluding carboxylic acids is 1. The molecular formula is C24H16N2O3. The molecule has 5 nitrogen and oxygen atoms in total. The Morgan fingerprint density at radius 2 is 1.59 bits per heavy atom. The molecule has 1 heterocycles. The smallest absolute Gasteiger partial charge is 0.417 e. The Bertz CT molecular complexity index is 1330. The van der Waals surface area contributed by atoms with E-state index in [4.69, 9.17) is 14.1 Å². The first-order chi connectivity index (χ1) is 14.3. The highest BCUT2D eigenvalue weighted by molar-refractivity contribution is 6.04. The maximum Gasteiger partial charge on any atom is 0.417 e. The largest absolute Gasteiger partial charge is 0.436 e. The Morgan fingerprint density at radius 3 is 2.48 bits per heavy atom. The lowest BCUT2D eigenvalue weighted by atomic mass is 10.1. The molecule has 1 amide bonds. The Balaban J connectivity index is 1.50. The first-order valence-corrected chi connectivity index (χ1v) is 9.19. The Kier molecular flexibility index (Phi) is 4.18. The van der Waals surface area contributed by atoms with Crippen LogP contribution in [0.1, 0.15) is 0 Å². The summed E-state index contributed by atoms with van der Waals surface area (Å²) in [6, 6.07) is 28.2. The molecule has 0 aliphatic heterocycles. The summed E-state index contributed by atoms with van der Waals surface area (Å²) in [6.07, 6.45) is -0.579. The van der Waals surface area contributed by atoms with Crippen LogP contribution in [0.4, 0.5) is 10.5 Å². The van der Waals surface area contributed by atoms with Crippen LogP contribution in [0.5, 0.6) is 5.75 Å². The van der Waals surface area contributed by atoms with Gasteiger partial charge in [-0.15, -0.1) is 0 Å². The van der Waals surface area contributed by atoms with Crippen LogP contribution in [0.15, 0.2) is 95.4 Å². The number of anilines is 1. The molecule has 0 atom stereocenters. The number of benzene rings is 4.